The van der Waals surface area contributed by atoms with Crippen LogP contribution in [0, 0.1) is 6.07 Å². The summed E-state index contributed by atoms with van der Waals surface area (Å²) in [7, 11) is 0. The maximum absolute atomic E-state index is 10.6. The first-order valence-electron chi connectivity index (χ1n) is 14.3. The van der Waals surface area contributed by atoms with Crippen molar-refractivity contribution in [3.05, 3.63) is 132 Å². The minimum atomic E-state index is -0.0434. The van der Waals surface area contributed by atoms with Gasteiger partial charge in [0.25, 0.3) is 0 Å². The Labute approximate surface area is 275 Å². The third kappa shape index (κ3) is 5.54. The number of hydrogen-bond donors (Lipinski definition) is 1. The van der Waals surface area contributed by atoms with Crippen LogP contribution in [0.4, 0.5) is 5.69 Å². The minimum Gasteiger partial charge on any atom is -0.507 e. The standard InChI is InChI=1S/C38H30N3OS.Pt/c1-38(2,3)27-20-21-33(42)26(22-27)24-39-31-17-9-8-15-29(31)37-40-36-30(35-23-25-12-7-10-19-34(25)43-35)16-11-18-32(36)41(37)28-13-5-4-6-14-28;/h4-22,24,42H,1-3H3;/q-1;. The molecule has 0 radical (unpaired) electrons. The van der Waals surface area contributed by atoms with E-state index in [-0.39, 0.29) is 32.2 Å². The van der Waals surface area contributed by atoms with Crippen LogP contribution in [0.2, 0.25) is 0 Å². The molecule has 0 unspecified atom stereocenters. The summed E-state index contributed by atoms with van der Waals surface area (Å²) in [4.78, 5) is 11.3. The van der Waals surface area contributed by atoms with Crippen molar-refractivity contribution in [1.29, 1.82) is 0 Å². The molecule has 44 heavy (non-hydrogen) atoms. The van der Waals surface area contributed by atoms with E-state index in [0.717, 1.165) is 55.2 Å². The van der Waals surface area contributed by atoms with Gasteiger partial charge in [0.15, 0.2) is 0 Å². The molecule has 220 valence electrons. The van der Waals surface area contributed by atoms with E-state index in [1.165, 1.54) is 4.70 Å². The molecule has 0 amide bonds. The van der Waals surface area contributed by atoms with E-state index in [4.69, 9.17) is 9.98 Å². The third-order valence-electron chi connectivity index (χ3n) is 7.67. The first-order chi connectivity index (χ1) is 20.9. The zero-order chi connectivity index (χ0) is 29.6. The number of aromatic nitrogens is 2. The Balaban J connectivity index is 0.00000343. The van der Waals surface area contributed by atoms with Crippen LogP contribution in [0.3, 0.4) is 0 Å². The number of phenols is 1. The van der Waals surface area contributed by atoms with Crippen LogP contribution in [-0.2, 0) is 26.5 Å². The van der Waals surface area contributed by atoms with Crippen molar-refractivity contribution < 1.29 is 26.2 Å². The Kier molecular flexibility index (Phi) is 8.11. The fourth-order valence-corrected chi connectivity index (χ4v) is 6.41. The second kappa shape index (κ2) is 12.0. The van der Waals surface area contributed by atoms with Gasteiger partial charge in [-0.2, -0.15) is 0 Å². The molecule has 7 aromatic rings. The van der Waals surface area contributed by atoms with Gasteiger partial charge in [0.2, 0.25) is 0 Å². The van der Waals surface area contributed by atoms with Gasteiger partial charge >= 0.3 is 0 Å². The Hall–Kier alpha value is -4.31. The second-order valence-corrected chi connectivity index (χ2v) is 12.7. The molecule has 5 aromatic carbocycles. The van der Waals surface area contributed by atoms with E-state index in [0.29, 0.717) is 5.56 Å². The van der Waals surface area contributed by atoms with E-state index in [9.17, 15) is 5.11 Å². The van der Waals surface area contributed by atoms with Crippen LogP contribution in [0.15, 0.2) is 120 Å². The van der Waals surface area contributed by atoms with E-state index < -0.39 is 0 Å². The van der Waals surface area contributed by atoms with E-state index in [2.05, 4.69) is 92.1 Å². The molecule has 0 atom stereocenters. The Morgan fingerprint density at radius 2 is 1.55 bits per heavy atom. The number of imidazole rings is 1. The molecule has 7 rings (SSSR count). The van der Waals surface area contributed by atoms with Gasteiger partial charge in [-0.25, -0.2) is 16.3 Å². The van der Waals surface area contributed by atoms with Crippen LogP contribution in [0.5, 0.6) is 5.75 Å². The molecule has 0 aliphatic heterocycles. The van der Waals surface area contributed by atoms with Gasteiger partial charge in [-0.1, -0.05) is 91.9 Å². The number of fused-ring (bicyclic) bond motifs is 2. The van der Waals surface area contributed by atoms with Crippen LogP contribution >= 0.6 is 11.3 Å². The van der Waals surface area contributed by atoms with Crippen LogP contribution in [-0.4, -0.2) is 20.9 Å². The summed E-state index contributed by atoms with van der Waals surface area (Å²) in [5.74, 6) is 1.00. The van der Waals surface area contributed by atoms with Crippen molar-refractivity contribution in [1.82, 2.24) is 9.55 Å². The molecule has 1 N–H and O–H groups in total. The average Bonchev–Trinajstić information content (AvgIpc) is 3.63. The molecular formula is C38H30N3OPtS-. The molecule has 2 aromatic heterocycles. The number of para-hydroxylation sites is 3. The van der Waals surface area contributed by atoms with Crippen molar-refractivity contribution in [2.45, 2.75) is 26.2 Å². The normalized spacial score (nSPS) is 11.8. The topological polar surface area (TPSA) is 50.4 Å². The van der Waals surface area contributed by atoms with E-state index >= 15 is 0 Å². The van der Waals surface area contributed by atoms with Gasteiger partial charge in [-0.3, -0.25) is 9.56 Å². The van der Waals surface area contributed by atoms with Crippen molar-refractivity contribution >= 4 is 44.4 Å². The smallest absolute Gasteiger partial charge is 0.146 e. The summed E-state index contributed by atoms with van der Waals surface area (Å²) < 4.78 is 3.41. The fraction of sp³-hybridized carbons (Fsp3) is 0.105. The summed E-state index contributed by atoms with van der Waals surface area (Å²) in [5, 5.41) is 11.7. The molecule has 0 bridgehead atoms. The van der Waals surface area contributed by atoms with Gasteiger partial charge in [0.05, 0.1) is 16.7 Å². The molecule has 0 saturated heterocycles. The van der Waals surface area contributed by atoms with Gasteiger partial charge in [-0.15, -0.1) is 23.6 Å². The molecule has 0 spiro atoms. The number of thiophene rings is 1. The van der Waals surface area contributed by atoms with Crippen molar-refractivity contribution in [3.8, 4) is 33.3 Å². The predicted molar refractivity (Wildman–Crippen MR) is 180 cm³/mol. The number of benzene rings is 5. The Bertz CT molecular complexity index is 2100. The second-order valence-electron chi connectivity index (χ2n) is 11.6. The van der Waals surface area contributed by atoms with Crippen molar-refractivity contribution in [2.24, 2.45) is 4.99 Å². The molecule has 0 fully saturated rings. The van der Waals surface area contributed by atoms with Gasteiger partial charge < -0.3 is 5.11 Å². The molecular weight excluding hydrogens is 742 g/mol. The number of aliphatic imine (C=N–C) groups is 1. The number of aromatic hydroxyl groups is 1. The first-order valence-corrected chi connectivity index (χ1v) is 15.1. The van der Waals surface area contributed by atoms with Crippen molar-refractivity contribution in [2.75, 3.05) is 0 Å². The average molecular weight is 772 g/mol. The zero-order valence-corrected chi connectivity index (χ0v) is 27.6. The quantitative estimate of drug-likeness (QED) is 0.140. The van der Waals surface area contributed by atoms with Gasteiger partial charge in [-0.05, 0) is 58.1 Å². The summed E-state index contributed by atoms with van der Waals surface area (Å²) in [6.07, 6.45) is 1.75. The summed E-state index contributed by atoms with van der Waals surface area (Å²) in [6, 6.07) is 42.4. The zero-order valence-electron chi connectivity index (χ0n) is 24.6. The van der Waals surface area contributed by atoms with E-state index in [1.54, 1.807) is 23.6 Å². The molecule has 0 aliphatic rings. The Morgan fingerprint density at radius 1 is 0.818 bits per heavy atom. The summed E-state index contributed by atoms with van der Waals surface area (Å²) in [5.41, 5.74) is 7.45. The molecule has 0 saturated carbocycles. The van der Waals surface area contributed by atoms with Gasteiger partial charge in [0, 0.05) is 44.1 Å². The number of rotatable bonds is 5. The third-order valence-corrected chi connectivity index (χ3v) is 8.77. The maximum Gasteiger partial charge on any atom is 0.146 e. The largest absolute Gasteiger partial charge is 0.507 e. The van der Waals surface area contributed by atoms with Crippen LogP contribution < -0.4 is 0 Å². The minimum absolute atomic E-state index is 0. The summed E-state index contributed by atoms with van der Waals surface area (Å²) >= 11 is 1.73. The van der Waals surface area contributed by atoms with E-state index in [1.807, 2.05) is 48.5 Å². The van der Waals surface area contributed by atoms with Gasteiger partial charge in [0.1, 0.15) is 11.6 Å². The van der Waals surface area contributed by atoms with Crippen LogP contribution in [0.25, 0.3) is 48.6 Å². The molecule has 4 nitrogen and oxygen atoms in total. The summed E-state index contributed by atoms with van der Waals surface area (Å²) in [6.45, 7) is 6.48. The SMILES string of the molecule is CC(C)(C)c1ccc(O)c(C=Nc2ccccc2-c2nc3c(-c4[c-]c5ccccc5s4)cccc3n2-c2ccccc2)c1.[Pt]. The van der Waals surface area contributed by atoms with Crippen LogP contribution in [0.1, 0.15) is 31.9 Å². The monoisotopic (exact) mass is 771 g/mol. The first kappa shape index (κ1) is 29.7. The Morgan fingerprint density at radius 3 is 2.34 bits per heavy atom. The molecule has 6 heteroatoms. The maximum atomic E-state index is 10.6. The number of nitrogens with zero attached hydrogens (tertiary/aromatic N) is 3. The number of phenolic OH excluding ortho intramolecular Hbond substituents is 1. The fourth-order valence-electron chi connectivity index (χ4n) is 5.38. The molecule has 2 heterocycles. The van der Waals surface area contributed by atoms with Crippen molar-refractivity contribution in [3.63, 3.8) is 0 Å². The molecule has 0 aliphatic carbocycles. The number of hydrogen-bond acceptors (Lipinski definition) is 4. The predicted octanol–water partition coefficient (Wildman–Crippen LogP) is 10.1.